The molecule has 0 radical (unpaired) electrons. The maximum Gasteiger partial charge on any atom is 0.250 e. The lowest BCUT2D eigenvalue weighted by molar-refractivity contribution is -0.00372. The summed E-state index contributed by atoms with van der Waals surface area (Å²) in [5.41, 5.74) is 5.48. The molecule has 0 atom stereocenters. The molecule has 0 unspecified atom stereocenters. The summed E-state index contributed by atoms with van der Waals surface area (Å²) in [6.07, 6.45) is 5.63. The summed E-state index contributed by atoms with van der Waals surface area (Å²) < 4.78 is 0. The van der Waals surface area contributed by atoms with E-state index < -0.39 is 11.5 Å². The molecule has 0 aliphatic heterocycles. The second-order valence-corrected chi connectivity index (χ2v) is 5.34. The van der Waals surface area contributed by atoms with E-state index in [4.69, 9.17) is 11.6 Å². The molecule has 106 valence electrons. The normalized spacial score (nSPS) is 18.2. The van der Waals surface area contributed by atoms with Gasteiger partial charge in [0.2, 0.25) is 5.91 Å². The zero-order chi connectivity index (χ0) is 14.3. The number of amides is 1. The second-order valence-electron chi connectivity index (χ2n) is 5.34. The van der Waals surface area contributed by atoms with Crippen LogP contribution >= 0.6 is 0 Å². The molecule has 1 aliphatic rings. The van der Waals surface area contributed by atoms with E-state index in [-0.39, 0.29) is 5.56 Å². The highest BCUT2D eigenvalue weighted by Crippen LogP contribution is 2.39. The summed E-state index contributed by atoms with van der Waals surface area (Å²) in [5.74, 6) is 5.22. The zero-order valence-electron chi connectivity index (χ0n) is 11.0. The fourth-order valence-electron chi connectivity index (χ4n) is 2.88. The van der Waals surface area contributed by atoms with Crippen molar-refractivity contribution in [1.82, 2.24) is 14.9 Å². The standard InChI is InChI=1S/C13H17N5O2/c14-11(19)8-6-9-10(13(20)4-2-1-3-5-13)17-18(15)12(9)16-7-8/h6-7,20H,1-5,15H2,(H2,14,19). The molecule has 0 bridgehead atoms. The van der Waals surface area contributed by atoms with Crippen LogP contribution in [0.5, 0.6) is 0 Å². The Morgan fingerprint density at radius 1 is 1.35 bits per heavy atom. The predicted octanol–water partition coefficient (Wildman–Crippen LogP) is 0.396. The summed E-state index contributed by atoms with van der Waals surface area (Å²) >= 11 is 0. The van der Waals surface area contributed by atoms with Gasteiger partial charge in [0.15, 0.2) is 5.65 Å². The number of carbonyl (C=O) groups excluding carboxylic acids is 1. The van der Waals surface area contributed by atoms with Gasteiger partial charge in [-0.3, -0.25) is 4.79 Å². The highest BCUT2D eigenvalue weighted by Gasteiger charge is 2.36. The molecular formula is C13H17N5O2. The van der Waals surface area contributed by atoms with Crippen LogP contribution in [-0.2, 0) is 5.60 Å². The van der Waals surface area contributed by atoms with Crippen molar-refractivity contribution in [1.29, 1.82) is 0 Å². The Kier molecular flexibility index (Phi) is 2.86. The second kappa shape index (κ2) is 4.45. The van der Waals surface area contributed by atoms with Gasteiger partial charge in [-0.15, -0.1) is 0 Å². The van der Waals surface area contributed by atoms with E-state index in [1.54, 1.807) is 6.07 Å². The molecule has 2 aromatic heterocycles. The van der Waals surface area contributed by atoms with E-state index in [0.29, 0.717) is 29.6 Å². The number of hydrogen-bond acceptors (Lipinski definition) is 5. The largest absolute Gasteiger partial charge is 0.383 e. The average molecular weight is 275 g/mol. The highest BCUT2D eigenvalue weighted by atomic mass is 16.3. The van der Waals surface area contributed by atoms with Crippen molar-refractivity contribution >= 4 is 16.9 Å². The number of aliphatic hydroxyl groups is 1. The molecule has 0 spiro atoms. The van der Waals surface area contributed by atoms with Gasteiger partial charge in [-0.25, -0.2) is 4.98 Å². The van der Waals surface area contributed by atoms with Gasteiger partial charge in [-0.05, 0) is 18.9 Å². The lowest BCUT2D eigenvalue weighted by Crippen LogP contribution is -2.29. The Morgan fingerprint density at radius 2 is 2.05 bits per heavy atom. The van der Waals surface area contributed by atoms with Crippen LogP contribution in [0.3, 0.4) is 0 Å². The maximum absolute atomic E-state index is 11.3. The topological polar surface area (TPSA) is 120 Å². The molecule has 20 heavy (non-hydrogen) atoms. The van der Waals surface area contributed by atoms with Gasteiger partial charge < -0.3 is 16.7 Å². The Morgan fingerprint density at radius 3 is 2.70 bits per heavy atom. The Bertz CT molecular complexity index is 673. The third-order valence-corrected chi connectivity index (χ3v) is 3.95. The molecule has 5 N–H and O–H groups in total. The van der Waals surface area contributed by atoms with Gasteiger partial charge in [0.25, 0.3) is 0 Å². The zero-order valence-corrected chi connectivity index (χ0v) is 11.0. The van der Waals surface area contributed by atoms with Crippen LogP contribution in [0.1, 0.15) is 48.2 Å². The fraction of sp³-hybridized carbons (Fsp3) is 0.462. The van der Waals surface area contributed by atoms with Gasteiger partial charge in [-0.2, -0.15) is 9.89 Å². The molecule has 1 aliphatic carbocycles. The summed E-state index contributed by atoms with van der Waals surface area (Å²) in [6, 6.07) is 1.60. The average Bonchev–Trinajstić information content (AvgIpc) is 2.77. The molecule has 3 rings (SSSR count). The molecule has 0 aromatic carbocycles. The minimum absolute atomic E-state index is 0.283. The van der Waals surface area contributed by atoms with Crippen molar-refractivity contribution < 1.29 is 9.90 Å². The maximum atomic E-state index is 11.3. The van der Waals surface area contributed by atoms with Crippen LogP contribution in [0.25, 0.3) is 11.0 Å². The Hall–Kier alpha value is -2.15. The van der Waals surface area contributed by atoms with E-state index >= 15 is 0 Å². The monoisotopic (exact) mass is 275 g/mol. The van der Waals surface area contributed by atoms with Crippen LogP contribution in [0.15, 0.2) is 12.3 Å². The van der Waals surface area contributed by atoms with Gasteiger partial charge in [0, 0.05) is 11.6 Å². The Labute approximate surface area is 115 Å². The van der Waals surface area contributed by atoms with Crippen molar-refractivity contribution in [2.75, 3.05) is 5.84 Å². The number of nitrogens with zero attached hydrogens (tertiary/aromatic N) is 3. The number of primary amides is 1. The summed E-state index contributed by atoms with van der Waals surface area (Å²) in [4.78, 5) is 16.5. The number of carbonyl (C=O) groups is 1. The van der Waals surface area contributed by atoms with Crippen LogP contribution in [0.2, 0.25) is 0 Å². The number of nitrogen functional groups attached to an aromatic ring is 1. The third kappa shape index (κ3) is 1.90. The minimum atomic E-state index is -1.00. The van der Waals surface area contributed by atoms with Gasteiger partial charge in [0.05, 0.1) is 5.56 Å². The Balaban J connectivity index is 2.19. The number of pyridine rings is 1. The van der Waals surface area contributed by atoms with E-state index in [1.807, 2.05) is 0 Å². The lowest BCUT2D eigenvalue weighted by atomic mass is 9.81. The van der Waals surface area contributed by atoms with E-state index in [2.05, 4.69) is 10.1 Å². The lowest BCUT2D eigenvalue weighted by Gasteiger charge is -2.30. The quantitative estimate of drug-likeness (QED) is 0.685. The first kappa shape index (κ1) is 12.9. The molecule has 7 nitrogen and oxygen atoms in total. The van der Waals surface area contributed by atoms with Crippen molar-refractivity contribution in [3.05, 3.63) is 23.5 Å². The highest BCUT2D eigenvalue weighted by molar-refractivity contribution is 5.96. The fourth-order valence-corrected chi connectivity index (χ4v) is 2.88. The number of hydrogen-bond donors (Lipinski definition) is 3. The molecule has 1 amide bonds. The van der Waals surface area contributed by atoms with Crippen molar-refractivity contribution in [3.8, 4) is 0 Å². The molecule has 7 heteroatoms. The predicted molar refractivity (Wildman–Crippen MR) is 73.2 cm³/mol. The first-order chi connectivity index (χ1) is 9.51. The first-order valence-electron chi connectivity index (χ1n) is 6.68. The molecule has 2 aromatic rings. The molecular weight excluding hydrogens is 258 g/mol. The molecule has 0 saturated heterocycles. The van der Waals surface area contributed by atoms with E-state index in [0.717, 1.165) is 24.1 Å². The van der Waals surface area contributed by atoms with Crippen molar-refractivity contribution in [2.45, 2.75) is 37.7 Å². The minimum Gasteiger partial charge on any atom is -0.383 e. The number of nitrogens with two attached hydrogens (primary N) is 2. The first-order valence-corrected chi connectivity index (χ1v) is 6.68. The summed E-state index contributed by atoms with van der Waals surface area (Å²) in [5, 5.41) is 15.6. The van der Waals surface area contributed by atoms with Crippen molar-refractivity contribution in [2.24, 2.45) is 5.73 Å². The molecule has 1 saturated carbocycles. The van der Waals surface area contributed by atoms with Crippen LogP contribution in [0.4, 0.5) is 0 Å². The third-order valence-electron chi connectivity index (χ3n) is 3.95. The van der Waals surface area contributed by atoms with Crippen LogP contribution in [0, 0.1) is 0 Å². The number of aromatic nitrogens is 3. The van der Waals surface area contributed by atoms with Gasteiger partial charge in [0.1, 0.15) is 11.3 Å². The SMILES string of the molecule is NC(=O)c1cnc2c(c1)c(C1(O)CCCCC1)nn2N. The van der Waals surface area contributed by atoms with Gasteiger partial charge >= 0.3 is 0 Å². The number of rotatable bonds is 2. The summed E-state index contributed by atoms with van der Waals surface area (Å²) in [7, 11) is 0. The van der Waals surface area contributed by atoms with Crippen LogP contribution < -0.4 is 11.6 Å². The molecule has 2 heterocycles. The van der Waals surface area contributed by atoms with Gasteiger partial charge in [-0.1, -0.05) is 19.3 Å². The van der Waals surface area contributed by atoms with E-state index in [1.165, 1.54) is 6.20 Å². The molecule has 1 fully saturated rings. The van der Waals surface area contributed by atoms with Crippen LogP contribution in [-0.4, -0.2) is 25.9 Å². The summed E-state index contributed by atoms with van der Waals surface area (Å²) in [6.45, 7) is 0. The number of fused-ring (bicyclic) bond motifs is 1. The smallest absolute Gasteiger partial charge is 0.250 e. The van der Waals surface area contributed by atoms with E-state index in [9.17, 15) is 9.90 Å². The van der Waals surface area contributed by atoms with Crippen molar-refractivity contribution in [3.63, 3.8) is 0 Å².